The van der Waals surface area contributed by atoms with Gasteiger partial charge < -0.3 is 15.5 Å². The van der Waals surface area contributed by atoms with Gasteiger partial charge in [0.05, 0.1) is 0 Å². The van der Waals surface area contributed by atoms with Crippen molar-refractivity contribution in [3.63, 3.8) is 0 Å². The number of piperidine rings is 1. The predicted molar refractivity (Wildman–Crippen MR) is 84.9 cm³/mol. The first-order valence-electron chi connectivity index (χ1n) is 8.25. The number of rotatable bonds is 7. The molecular weight excluding hydrogens is 250 g/mol. The third kappa shape index (κ3) is 7.13. The van der Waals surface area contributed by atoms with Crippen LogP contribution in [0.4, 0.5) is 4.79 Å². The van der Waals surface area contributed by atoms with Crippen molar-refractivity contribution in [3.05, 3.63) is 0 Å². The fraction of sp³-hybridized carbons (Fsp3) is 0.938. The Hall–Kier alpha value is -0.770. The molecule has 0 aromatic carbocycles. The van der Waals surface area contributed by atoms with E-state index in [0.717, 1.165) is 18.9 Å². The van der Waals surface area contributed by atoms with Crippen LogP contribution >= 0.6 is 0 Å². The first-order chi connectivity index (χ1) is 9.49. The number of likely N-dealkylation sites (tertiary alicyclic amines) is 1. The minimum absolute atomic E-state index is 0.0298. The Kier molecular flexibility index (Phi) is 7.97. The zero-order chi connectivity index (χ0) is 15.0. The van der Waals surface area contributed by atoms with Crippen LogP contribution in [0.3, 0.4) is 0 Å². The maximum Gasteiger partial charge on any atom is 0.315 e. The summed E-state index contributed by atoms with van der Waals surface area (Å²) in [5, 5.41) is 5.91. The van der Waals surface area contributed by atoms with Crippen LogP contribution < -0.4 is 10.6 Å². The van der Waals surface area contributed by atoms with Gasteiger partial charge >= 0.3 is 6.03 Å². The van der Waals surface area contributed by atoms with Crippen molar-refractivity contribution < 1.29 is 4.79 Å². The van der Waals surface area contributed by atoms with Crippen molar-refractivity contribution in [2.24, 2.45) is 11.8 Å². The van der Waals surface area contributed by atoms with Gasteiger partial charge in [-0.05, 0) is 57.5 Å². The highest BCUT2D eigenvalue weighted by atomic mass is 16.2. The average Bonchev–Trinajstić information content (AvgIpc) is 2.38. The van der Waals surface area contributed by atoms with Crippen molar-refractivity contribution in [2.45, 2.75) is 59.4 Å². The molecule has 4 heteroatoms. The zero-order valence-corrected chi connectivity index (χ0v) is 13.7. The Balaban J connectivity index is 2.00. The van der Waals surface area contributed by atoms with Crippen LogP contribution in [-0.4, -0.2) is 43.2 Å². The Morgan fingerprint density at radius 1 is 1.30 bits per heavy atom. The highest BCUT2D eigenvalue weighted by molar-refractivity contribution is 5.74. The van der Waals surface area contributed by atoms with Gasteiger partial charge in [0.1, 0.15) is 0 Å². The number of unbranched alkanes of at least 4 members (excludes halogenated alkanes) is 1. The van der Waals surface area contributed by atoms with E-state index in [4.69, 9.17) is 0 Å². The summed E-state index contributed by atoms with van der Waals surface area (Å²) in [6.07, 6.45) is 4.96. The lowest BCUT2D eigenvalue weighted by Gasteiger charge is -2.30. The monoisotopic (exact) mass is 283 g/mol. The molecule has 2 N–H and O–H groups in total. The van der Waals surface area contributed by atoms with E-state index >= 15 is 0 Å². The summed E-state index contributed by atoms with van der Waals surface area (Å²) in [5.74, 6) is 1.33. The maximum absolute atomic E-state index is 11.6. The summed E-state index contributed by atoms with van der Waals surface area (Å²) in [5.41, 5.74) is 0. The molecule has 0 aromatic rings. The fourth-order valence-electron chi connectivity index (χ4n) is 2.58. The van der Waals surface area contributed by atoms with Crippen molar-refractivity contribution in [1.82, 2.24) is 15.5 Å². The van der Waals surface area contributed by atoms with Crippen LogP contribution in [0.25, 0.3) is 0 Å². The van der Waals surface area contributed by atoms with Crippen molar-refractivity contribution >= 4 is 6.03 Å². The molecule has 0 spiro atoms. The molecule has 20 heavy (non-hydrogen) atoms. The number of nitrogens with one attached hydrogen (secondary N) is 2. The lowest BCUT2D eigenvalue weighted by atomic mass is 10.0. The summed E-state index contributed by atoms with van der Waals surface area (Å²) in [6, 6.07) is 0.197. The van der Waals surface area contributed by atoms with Gasteiger partial charge in [-0.2, -0.15) is 0 Å². The van der Waals surface area contributed by atoms with E-state index in [2.05, 4.69) is 36.3 Å². The lowest BCUT2D eigenvalue weighted by molar-refractivity contribution is 0.181. The largest absolute Gasteiger partial charge is 0.338 e. The van der Waals surface area contributed by atoms with E-state index in [0.29, 0.717) is 5.92 Å². The van der Waals surface area contributed by atoms with Gasteiger partial charge in [-0.15, -0.1) is 0 Å². The molecule has 1 aliphatic heterocycles. The Labute approximate surface area is 124 Å². The van der Waals surface area contributed by atoms with Crippen LogP contribution in [0.1, 0.15) is 53.4 Å². The predicted octanol–water partition coefficient (Wildman–Crippen LogP) is 2.84. The molecule has 118 valence electrons. The number of nitrogens with zero attached hydrogens (tertiary/aromatic N) is 1. The van der Waals surface area contributed by atoms with E-state index in [-0.39, 0.29) is 12.1 Å². The molecule has 4 nitrogen and oxygen atoms in total. The molecule has 0 saturated carbocycles. The molecule has 1 heterocycles. The molecule has 2 unspecified atom stereocenters. The summed E-state index contributed by atoms with van der Waals surface area (Å²) in [4.78, 5) is 14.2. The number of carbonyl (C=O) groups is 1. The molecule has 1 aliphatic rings. The van der Waals surface area contributed by atoms with Gasteiger partial charge in [-0.1, -0.05) is 20.8 Å². The van der Waals surface area contributed by atoms with Gasteiger partial charge in [0, 0.05) is 19.1 Å². The van der Waals surface area contributed by atoms with Gasteiger partial charge in [0.15, 0.2) is 0 Å². The van der Waals surface area contributed by atoms with Crippen LogP contribution in [0.5, 0.6) is 0 Å². The van der Waals surface area contributed by atoms with E-state index < -0.39 is 0 Å². The maximum atomic E-state index is 11.6. The molecule has 0 aliphatic carbocycles. The Morgan fingerprint density at radius 3 is 2.70 bits per heavy atom. The zero-order valence-electron chi connectivity index (χ0n) is 13.7. The van der Waals surface area contributed by atoms with E-state index in [1.165, 1.54) is 38.9 Å². The minimum atomic E-state index is -0.0298. The normalized spacial score (nSPS) is 21.8. The number of hydrogen-bond acceptors (Lipinski definition) is 2. The minimum Gasteiger partial charge on any atom is -0.338 e. The van der Waals surface area contributed by atoms with Crippen LogP contribution in [0, 0.1) is 11.8 Å². The van der Waals surface area contributed by atoms with Crippen molar-refractivity contribution in [2.75, 3.05) is 26.2 Å². The fourth-order valence-corrected chi connectivity index (χ4v) is 2.58. The smallest absolute Gasteiger partial charge is 0.315 e. The number of carbonyl (C=O) groups excluding carboxylic acids is 1. The Morgan fingerprint density at radius 2 is 2.05 bits per heavy atom. The highest BCUT2D eigenvalue weighted by Crippen LogP contribution is 2.15. The SMILES string of the molecule is CC1CCCN(CCCCNC(=O)NC(C)C(C)C)C1. The highest BCUT2D eigenvalue weighted by Gasteiger charge is 2.15. The van der Waals surface area contributed by atoms with Crippen LogP contribution in [0.2, 0.25) is 0 Å². The van der Waals surface area contributed by atoms with E-state index in [1.54, 1.807) is 0 Å². The van der Waals surface area contributed by atoms with Crippen LogP contribution in [-0.2, 0) is 0 Å². The molecule has 2 amide bonds. The van der Waals surface area contributed by atoms with Crippen molar-refractivity contribution in [1.29, 1.82) is 0 Å². The molecule has 0 bridgehead atoms. The number of urea groups is 1. The van der Waals surface area contributed by atoms with E-state index in [9.17, 15) is 4.79 Å². The Bertz CT molecular complexity index is 281. The molecule has 2 atom stereocenters. The summed E-state index contributed by atoms with van der Waals surface area (Å²) >= 11 is 0. The molecular formula is C16H33N3O. The quantitative estimate of drug-likeness (QED) is 0.706. The summed E-state index contributed by atoms with van der Waals surface area (Å²) in [6.45, 7) is 13.1. The lowest BCUT2D eigenvalue weighted by Crippen LogP contribution is -2.43. The molecule has 0 aromatic heterocycles. The van der Waals surface area contributed by atoms with Crippen molar-refractivity contribution in [3.8, 4) is 0 Å². The second kappa shape index (κ2) is 9.22. The first kappa shape index (κ1) is 17.3. The number of amides is 2. The van der Waals surface area contributed by atoms with Crippen LogP contribution in [0.15, 0.2) is 0 Å². The third-order valence-corrected chi connectivity index (χ3v) is 4.29. The molecule has 1 saturated heterocycles. The molecule has 0 radical (unpaired) electrons. The summed E-state index contributed by atoms with van der Waals surface area (Å²) in [7, 11) is 0. The average molecular weight is 283 g/mol. The first-order valence-corrected chi connectivity index (χ1v) is 8.25. The van der Waals surface area contributed by atoms with E-state index in [1.807, 2.05) is 6.92 Å². The molecule has 1 rings (SSSR count). The second-order valence-corrected chi connectivity index (χ2v) is 6.69. The van der Waals surface area contributed by atoms with Gasteiger partial charge in [0.2, 0.25) is 0 Å². The van der Waals surface area contributed by atoms with Gasteiger partial charge in [-0.3, -0.25) is 0 Å². The van der Waals surface area contributed by atoms with Gasteiger partial charge in [0.25, 0.3) is 0 Å². The standard InChI is InChI=1S/C16H33N3O/c1-13(2)15(4)18-16(20)17-9-5-6-10-19-11-7-8-14(3)12-19/h13-15H,5-12H2,1-4H3,(H2,17,18,20). The summed E-state index contributed by atoms with van der Waals surface area (Å²) < 4.78 is 0. The number of hydrogen-bond donors (Lipinski definition) is 2. The topological polar surface area (TPSA) is 44.4 Å². The third-order valence-electron chi connectivity index (χ3n) is 4.29. The van der Waals surface area contributed by atoms with Gasteiger partial charge in [-0.25, -0.2) is 4.79 Å². The second-order valence-electron chi connectivity index (χ2n) is 6.69. The molecule has 1 fully saturated rings.